The van der Waals surface area contributed by atoms with Gasteiger partial charge in [-0.3, -0.25) is 4.57 Å². The third-order valence-electron chi connectivity index (χ3n) is 2.95. The number of rotatable bonds is 3. The van der Waals surface area contributed by atoms with Crippen LogP contribution in [0.3, 0.4) is 0 Å². The van der Waals surface area contributed by atoms with Gasteiger partial charge in [0, 0.05) is 17.4 Å². The molecule has 0 aliphatic carbocycles. The lowest BCUT2D eigenvalue weighted by atomic mass is 10.2. The molecule has 0 aliphatic heterocycles. The molecule has 0 unspecified atom stereocenters. The smallest absolute Gasteiger partial charge is 0.399 e. The molecule has 0 saturated carbocycles. The Balaban J connectivity index is 2.70. The predicted molar refractivity (Wildman–Crippen MR) is 68.9 cm³/mol. The standard InChI is InChI=1S/C12H12F3N3O5/c13-10(14,15)8-5-18(11(19,20)12(21,22)23)9(17-8)6-1-3-7(16)4-2-6/h1-5,19-23H,16H2. The number of nitrogen functional groups attached to an aromatic ring is 1. The van der Waals surface area contributed by atoms with Gasteiger partial charge in [-0.05, 0) is 24.3 Å². The van der Waals surface area contributed by atoms with E-state index >= 15 is 0 Å². The molecule has 1 aromatic carbocycles. The van der Waals surface area contributed by atoms with E-state index in [1.165, 1.54) is 24.3 Å². The summed E-state index contributed by atoms with van der Waals surface area (Å²) in [4.78, 5) is 3.20. The summed E-state index contributed by atoms with van der Waals surface area (Å²) >= 11 is 0. The van der Waals surface area contributed by atoms with Crippen LogP contribution in [-0.4, -0.2) is 41.1 Å². The van der Waals surface area contributed by atoms with Gasteiger partial charge >= 0.3 is 18.1 Å². The van der Waals surface area contributed by atoms with Crippen LogP contribution < -0.4 is 5.73 Å². The molecule has 0 radical (unpaired) electrons. The highest BCUT2D eigenvalue weighted by molar-refractivity contribution is 5.60. The number of hydrogen-bond donors (Lipinski definition) is 6. The molecule has 0 fully saturated rings. The van der Waals surface area contributed by atoms with Crippen molar-refractivity contribution in [1.82, 2.24) is 9.55 Å². The molecule has 1 heterocycles. The zero-order chi connectivity index (χ0) is 17.6. The summed E-state index contributed by atoms with van der Waals surface area (Å²) in [5, 5.41) is 46.2. The van der Waals surface area contributed by atoms with Gasteiger partial charge in [-0.1, -0.05) is 0 Å². The van der Waals surface area contributed by atoms with Crippen molar-refractivity contribution in [2.24, 2.45) is 0 Å². The molecule has 0 spiro atoms. The molecule has 0 bridgehead atoms. The Bertz CT molecular complexity index is 704. The van der Waals surface area contributed by atoms with Gasteiger partial charge in [0.1, 0.15) is 5.82 Å². The quantitative estimate of drug-likeness (QED) is 0.324. The fourth-order valence-corrected chi connectivity index (χ4v) is 1.75. The van der Waals surface area contributed by atoms with Gasteiger partial charge < -0.3 is 31.3 Å². The molecule has 0 atom stereocenters. The van der Waals surface area contributed by atoms with Crippen molar-refractivity contribution in [1.29, 1.82) is 0 Å². The van der Waals surface area contributed by atoms with E-state index in [1.807, 2.05) is 0 Å². The number of benzene rings is 1. The van der Waals surface area contributed by atoms with Gasteiger partial charge in [-0.15, -0.1) is 0 Å². The molecule has 0 aliphatic rings. The highest BCUT2D eigenvalue weighted by Crippen LogP contribution is 2.35. The average Bonchev–Trinajstić information content (AvgIpc) is 2.83. The maximum atomic E-state index is 12.8. The van der Waals surface area contributed by atoms with Gasteiger partial charge in [0.25, 0.3) is 0 Å². The van der Waals surface area contributed by atoms with E-state index < -0.39 is 29.6 Å². The molecule has 2 rings (SSSR count). The zero-order valence-electron chi connectivity index (χ0n) is 11.2. The molecule has 2 aromatic rings. The van der Waals surface area contributed by atoms with E-state index in [1.54, 1.807) is 0 Å². The van der Waals surface area contributed by atoms with Crippen molar-refractivity contribution >= 4 is 5.69 Å². The first-order valence-corrected chi connectivity index (χ1v) is 5.99. The van der Waals surface area contributed by atoms with E-state index in [4.69, 9.17) is 21.1 Å². The summed E-state index contributed by atoms with van der Waals surface area (Å²) < 4.78 is 38.4. The van der Waals surface area contributed by atoms with Crippen LogP contribution in [0.5, 0.6) is 0 Å². The first-order valence-electron chi connectivity index (χ1n) is 5.99. The Morgan fingerprint density at radius 3 is 1.91 bits per heavy atom. The van der Waals surface area contributed by atoms with Gasteiger partial charge in [0.2, 0.25) is 0 Å². The minimum atomic E-state index is -4.95. The molecule has 23 heavy (non-hydrogen) atoms. The largest absolute Gasteiger partial charge is 0.434 e. The second-order valence-electron chi connectivity index (χ2n) is 4.71. The molecule has 0 saturated heterocycles. The Labute approximate surface area is 126 Å². The average molecular weight is 335 g/mol. The normalized spacial score (nSPS) is 13.4. The second kappa shape index (κ2) is 5.18. The molecular formula is C12H12F3N3O5. The van der Waals surface area contributed by atoms with E-state index in [-0.39, 0.29) is 22.0 Å². The number of imidazole rings is 1. The number of aromatic nitrogens is 2. The summed E-state index contributed by atoms with van der Waals surface area (Å²) in [5.41, 5.74) is 4.14. The van der Waals surface area contributed by atoms with Crippen LogP contribution >= 0.6 is 0 Å². The van der Waals surface area contributed by atoms with E-state index in [0.717, 1.165) is 0 Å². The van der Waals surface area contributed by atoms with Crippen molar-refractivity contribution < 1.29 is 38.7 Å². The monoisotopic (exact) mass is 335 g/mol. The Morgan fingerprint density at radius 1 is 0.957 bits per heavy atom. The Kier molecular flexibility index (Phi) is 3.87. The highest BCUT2D eigenvalue weighted by atomic mass is 19.4. The van der Waals surface area contributed by atoms with Crippen LogP contribution in [0.15, 0.2) is 30.5 Å². The fraction of sp³-hybridized carbons (Fsp3) is 0.250. The number of alkyl halides is 3. The van der Waals surface area contributed by atoms with Crippen molar-refractivity contribution in [2.75, 3.05) is 5.73 Å². The second-order valence-corrected chi connectivity index (χ2v) is 4.71. The van der Waals surface area contributed by atoms with Crippen molar-refractivity contribution in [3.63, 3.8) is 0 Å². The Hall–Kier alpha value is -2.18. The van der Waals surface area contributed by atoms with Crippen molar-refractivity contribution in [2.45, 2.75) is 18.1 Å². The first-order chi connectivity index (χ1) is 10.3. The van der Waals surface area contributed by atoms with Gasteiger partial charge in [-0.2, -0.15) is 13.2 Å². The van der Waals surface area contributed by atoms with Crippen molar-refractivity contribution in [3.05, 3.63) is 36.2 Å². The minimum Gasteiger partial charge on any atom is -0.399 e. The van der Waals surface area contributed by atoms with Crippen LogP contribution in [0.4, 0.5) is 18.9 Å². The summed E-state index contributed by atoms with van der Waals surface area (Å²) in [7, 11) is 0. The third-order valence-corrected chi connectivity index (χ3v) is 2.95. The molecule has 7 N–H and O–H groups in total. The van der Waals surface area contributed by atoms with E-state index in [9.17, 15) is 23.4 Å². The van der Waals surface area contributed by atoms with E-state index in [2.05, 4.69) is 4.98 Å². The number of aliphatic hydroxyl groups is 5. The number of anilines is 1. The molecule has 11 heteroatoms. The molecule has 8 nitrogen and oxygen atoms in total. The summed E-state index contributed by atoms with van der Waals surface area (Å²) in [6.45, 7) is 0. The summed E-state index contributed by atoms with van der Waals surface area (Å²) in [6.07, 6.45) is -4.84. The summed E-state index contributed by atoms with van der Waals surface area (Å²) in [6, 6.07) is 5.06. The SMILES string of the molecule is Nc1ccc(-c2nc(C(F)(F)F)cn2C(O)(O)C(O)(O)O)cc1. The van der Waals surface area contributed by atoms with Gasteiger partial charge in [0.05, 0.1) is 0 Å². The Morgan fingerprint density at radius 2 is 1.48 bits per heavy atom. The van der Waals surface area contributed by atoms with Crippen LogP contribution in [-0.2, 0) is 12.1 Å². The summed E-state index contributed by atoms with van der Waals surface area (Å²) in [5.74, 6) is -8.75. The molecular weight excluding hydrogens is 323 g/mol. The molecule has 0 amide bonds. The maximum Gasteiger partial charge on any atom is 0.434 e. The highest BCUT2D eigenvalue weighted by Gasteiger charge is 2.51. The van der Waals surface area contributed by atoms with Crippen LogP contribution in [0, 0.1) is 0 Å². The zero-order valence-corrected chi connectivity index (χ0v) is 11.2. The molecule has 126 valence electrons. The predicted octanol–water partition coefficient (Wildman–Crippen LogP) is -0.623. The van der Waals surface area contributed by atoms with E-state index in [0.29, 0.717) is 0 Å². The van der Waals surface area contributed by atoms with Gasteiger partial charge in [-0.25, -0.2) is 4.98 Å². The first kappa shape index (κ1) is 17.2. The lowest BCUT2D eigenvalue weighted by Gasteiger charge is -2.31. The number of hydrogen-bond acceptors (Lipinski definition) is 7. The topological polar surface area (TPSA) is 145 Å². The van der Waals surface area contributed by atoms with Crippen LogP contribution in [0.1, 0.15) is 5.69 Å². The van der Waals surface area contributed by atoms with Crippen molar-refractivity contribution in [3.8, 4) is 11.4 Å². The van der Waals surface area contributed by atoms with Gasteiger partial charge in [0.15, 0.2) is 5.69 Å². The lowest BCUT2D eigenvalue weighted by molar-refractivity contribution is -0.480. The molecule has 1 aromatic heterocycles. The number of nitrogens with two attached hydrogens (primary N) is 1. The number of halogens is 3. The number of nitrogens with zero attached hydrogens (tertiary/aromatic N) is 2. The lowest BCUT2D eigenvalue weighted by Crippen LogP contribution is -2.55. The van der Waals surface area contributed by atoms with Crippen LogP contribution in [0.25, 0.3) is 11.4 Å². The third kappa shape index (κ3) is 3.13. The fourth-order valence-electron chi connectivity index (χ4n) is 1.75. The maximum absolute atomic E-state index is 12.8. The van der Waals surface area contributed by atoms with Crippen LogP contribution in [0.2, 0.25) is 0 Å². The minimum absolute atomic E-state index is 0.0264.